The van der Waals surface area contributed by atoms with Crippen molar-refractivity contribution < 1.29 is 23.9 Å². The summed E-state index contributed by atoms with van der Waals surface area (Å²) in [5.41, 5.74) is -0.658. The Balaban J connectivity index is 1.52. The molecule has 0 aliphatic heterocycles. The molecule has 4 aromatic rings. The van der Waals surface area contributed by atoms with Crippen molar-refractivity contribution in [1.29, 1.82) is 0 Å². The van der Waals surface area contributed by atoms with Crippen molar-refractivity contribution in [2.24, 2.45) is 0 Å². The molecule has 0 spiro atoms. The average Bonchev–Trinajstić information content (AvgIpc) is 3.45. The summed E-state index contributed by atoms with van der Waals surface area (Å²) in [4.78, 5) is 66.3. The summed E-state index contributed by atoms with van der Waals surface area (Å²) in [6.45, 7) is 6.04. The van der Waals surface area contributed by atoms with E-state index in [0.717, 1.165) is 9.36 Å². The molecule has 2 heterocycles. The first kappa shape index (κ1) is 32.7. The van der Waals surface area contributed by atoms with Crippen LogP contribution >= 0.6 is 11.6 Å². The van der Waals surface area contributed by atoms with Crippen molar-refractivity contribution in [3.05, 3.63) is 93.9 Å². The normalized spacial score (nSPS) is 12.6. The van der Waals surface area contributed by atoms with Gasteiger partial charge >= 0.3 is 5.97 Å². The zero-order valence-corrected chi connectivity index (χ0v) is 25.8. The minimum atomic E-state index is -1.35. The molecule has 45 heavy (non-hydrogen) atoms. The number of Topliss-reactive ketones (excluding diaryl/α,β-unsaturated/α-hetero) is 1. The number of halogens is 1. The van der Waals surface area contributed by atoms with Gasteiger partial charge in [-0.05, 0) is 69.3 Å². The molecule has 0 aliphatic carbocycles. The topological polar surface area (TPSA) is 167 Å². The summed E-state index contributed by atoms with van der Waals surface area (Å²) in [6, 6.07) is 15.6. The number of rotatable bonds is 11. The third kappa shape index (κ3) is 8.70. The highest BCUT2D eigenvalue weighted by Crippen LogP contribution is 2.23. The maximum absolute atomic E-state index is 13.4. The minimum Gasteiger partial charge on any atom is -0.460 e. The molecule has 2 aromatic heterocycles. The molecular weight excluding hydrogens is 602 g/mol. The monoisotopic (exact) mass is 633 g/mol. The molecule has 2 amide bonds. The first-order chi connectivity index (χ1) is 21.3. The van der Waals surface area contributed by atoms with Gasteiger partial charge in [-0.15, -0.1) is 10.2 Å². The van der Waals surface area contributed by atoms with E-state index in [0.29, 0.717) is 16.1 Å². The second kappa shape index (κ2) is 14.1. The first-order valence-electron chi connectivity index (χ1n) is 14.0. The van der Waals surface area contributed by atoms with Crippen molar-refractivity contribution in [3.8, 4) is 11.4 Å². The number of nitrogens with zero attached hydrogens (tertiary/aromatic N) is 5. The number of anilines is 1. The number of nitrogens with one attached hydrogen (secondary N) is 2. The standard InChI is InChI=1S/C31H32ClN7O6/c1-19(38-16-10-15-23(30(38)44)33-29(43)20-11-6-5-7-12-20)28(42)34-24(17-26(41)45-31(2,3)4)25(40)18-39-36-27(35-37-39)21-13-8-9-14-22(21)32/h5-16,19,24H,17-18H2,1-4H3,(H,33,43)(H,34,42). The number of hydrogen-bond acceptors (Lipinski definition) is 9. The van der Waals surface area contributed by atoms with E-state index in [4.69, 9.17) is 16.3 Å². The predicted molar refractivity (Wildman–Crippen MR) is 165 cm³/mol. The summed E-state index contributed by atoms with van der Waals surface area (Å²) >= 11 is 6.22. The summed E-state index contributed by atoms with van der Waals surface area (Å²) in [6.07, 6.45) is 0.897. The molecule has 2 atom stereocenters. The van der Waals surface area contributed by atoms with E-state index in [1.54, 1.807) is 75.4 Å². The maximum Gasteiger partial charge on any atom is 0.308 e. The first-order valence-corrected chi connectivity index (χ1v) is 14.4. The highest BCUT2D eigenvalue weighted by atomic mass is 35.5. The zero-order chi connectivity index (χ0) is 32.7. The van der Waals surface area contributed by atoms with E-state index in [2.05, 4.69) is 26.0 Å². The number of amides is 2. The van der Waals surface area contributed by atoms with E-state index in [-0.39, 0.29) is 11.5 Å². The molecule has 0 bridgehead atoms. The summed E-state index contributed by atoms with van der Waals surface area (Å²) in [7, 11) is 0. The molecule has 13 nitrogen and oxygen atoms in total. The predicted octanol–water partition coefficient (Wildman–Crippen LogP) is 3.45. The van der Waals surface area contributed by atoms with Crippen LogP contribution in [0.2, 0.25) is 5.02 Å². The molecule has 2 aromatic carbocycles. The second-order valence-electron chi connectivity index (χ2n) is 11.1. The van der Waals surface area contributed by atoms with E-state index in [1.165, 1.54) is 25.3 Å². The van der Waals surface area contributed by atoms with Crippen LogP contribution in [0.3, 0.4) is 0 Å². The Morgan fingerprint density at radius 2 is 1.67 bits per heavy atom. The third-order valence-corrected chi connectivity index (χ3v) is 6.75. The summed E-state index contributed by atoms with van der Waals surface area (Å²) < 4.78 is 6.49. The number of ether oxygens (including phenoxy) is 1. The fourth-order valence-corrected chi connectivity index (χ4v) is 4.44. The summed E-state index contributed by atoms with van der Waals surface area (Å²) in [5, 5.41) is 17.6. The lowest BCUT2D eigenvalue weighted by atomic mass is 10.1. The average molecular weight is 634 g/mol. The Labute approximate surface area is 263 Å². The number of carbonyl (C=O) groups is 4. The highest BCUT2D eigenvalue weighted by molar-refractivity contribution is 6.33. The number of aromatic nitrogens is 5. The Hall–Kier alpha value is -5.17. The second-order valence-corrected chi connectivity index (χ2v) is 11.5. The Morgan fingerprint density at radius 1 is 0.978 bits per heavy atom. The van der Waals surface area contributed by atoms with Crippen LogP contribution in [0.1, 0.15) is 50.5 Å². The van der Waals surface area contributed by atoms with Gasteiger partial charge < -0.3 is 19.9 Å². The maximum atomic E-state index is 13.4. The molecule has 2 N–H and O–H groups in total. The van der Waals surface area contributed by atoms with Crippen LogP contribution in [0.4, 0.5) is 5.69 Å². The number of hydrogen-bond donors (Lipinski definition) is 2. The van der Waals surface area contributed by atoms with E-state index >= 15 is 0 Å². The quantitative estimate of drug-likeness (QED) is 0.235. The lowest BCUT2D eigenvalue weighted by Gasteiger charge is -2.24. The number of esters is 1. The number of benzene rings is 2. The molecule has 4 rings (SSSR count). The number of tetrazole rings is 1. The molecule has 0 saturated heterocycles. The lowest BCUT2D eigenvalue weighted by Crippen LogP contribution is -2.47. The largest absolute Gasteiger partial charge is 0.460 e. The van der Waals surface area contributed by atoms with Crippen molar-refractivity contribution >= 4 is 40.9 Å². The molecule has 0 saturated carbocycles. The Morgan fingerprint density at radius 3 is 2.36 bits per heavy atom. The van der Waals surface area contributed by atoms with Crippen LogP contribution in [-0.4, -0.2) is 60.0 Å². The molecular formula is C31H32ClN7O6. The fraction of sp³-hybridized carbons (Fsp3) is 0.290. The molecule has 2 unspecified atom stereocenters. The SMILES string of the molecule is CC(C(=O)NC(CC(=O)OC(C)(C)C)C(=O)Cn1nnc(-c2ccccc2Cl)n1)n1cccc(NC(=O)c2ccccc2)c1=O. The molecule has 0 fully saturated rings. The van der Waals surface area contributed by atoms with Gasteiger partial charge in [0.2, 0.25) is 11.7 Å². The van der Waals surface area contributed by atoms with Crippen LogP contribution in [0.5, 0.6) is 0 Å². The van der Waals surface area contributed by atoms with Crippen LogP contribution in [-0.2, 0) is 25.7 Å². The van der Waals surface area contributed by atoms with Gasteiger partial charge in [-0.25, -0.2) is 0 Å². The molecule has 14 heteroatoms. The van der Waals surface area contributed by atoms with E-state index in [1.807, 2.05) is 0 Å². The molecule has 0 radical (unpaired) electrons. The molecule has 0 aliphatic rings. The number of carbonyl (C=O) groups excluding carboxylic acids is 4. The minimum absolute atomic E-state index is 0.0426. The van der Waals surface area contributed by atoms with Crippen LogP contribution < -0.4 is 16.2 Å². The highest BCUT2D eigenvalue weighted by Gasteiger charge is 2.30. The van der Waals surface area contributed by atoms with Gasteiger partial charge in [-0.1, -0.05) is 41.9 Å². The van der Waals surface area contributed by atoms with E-state index < -0.39 is 59.8 Å². The van der Waals surface area contributed by atoms with Crippen molar-refractivity contribution in [3.63, 3.8) is 0 Å². The third-order valence-electron chi connectivity index (χ3n) is 6.42. The molecule has 234 valence electrons. The van der Waals surface area contributed by atoms with Crippen LogP contribution in [0.25, 0.3) is 11.4 Å². The summed E-state index contributed by atoms with van der Waals surface area (Å²) in [5.74, 6) is -2.37. The van der Waals surface area contributed by atoms with Gasteiger partial charge in [-0.2, -0.15) is 4.80 Å². The van der Waals surface area contributed by atoms with Crippen molar-refractivity contribution in [2.45, 2.75) is 58.3 Å². The Bertz CT molecular complexity index is 1760. The lowest BCUT2D eigenvalue weighted by molar-refractivity contribution is -0.156. The van der Waals surface area contributed by atoms with Crippen molar-refractivity contribution in [2.75, 3.05) is 5.32 Å². The van der Waals surface area contributed by atoms with E-state index in [9.17, 15) is 24.0 Å². The van der Waals surface area contributed by atoms with Gasteiger partial charge in [0.1, 0.15) is 29.9 Å². The van der Waals surface area contributed by atoms with Gasteiger partial charge in [0.05, 0.1) is 11.4 Å². The van der Waals surface area contributed by atoms with Gasteiger partial charge in [-0.3, -0.25) is 24.0 Å². The zero-order valence-electron chi connectivity index (χ0n) is 25.1. The Kier molecular flexibility index (Phi) is 10.2. The van der Waals surface area contributed by atoms with Gasteiger partial charge in [0.25, 0.3) is 11.5 Å². The van der Waals surface area contributed by atoms with Crippen LogP contribution in [0, 0.1) is 0 Å². The van der Waals surface area contributed by atoms with Crippen molar-refractivity contribution in [1.82, 2.24) is 30.1 Å². The van der Waals surface area contributed by atoms with Crippen LogP contribution in [0.15, 0.2) is 77.7 Å². The van der Waals surface area contributed by atoms with Gasteiger partial charge in [0, 0.05) is 17.3 Å². The number of pyridine rings is 1. The number of ketones is 1. The van der Waals surface area contributed by atoms with Gasteiger partial charge in [0.15, 0.2) is 5.78 Å². The fourth-order valence-electron chi connectivity index (χ4n) is 4.22. The smallest absolute Gasteiger partial charge is 0.308 e.